The van der Waals surface area contributed by atoms with Crippen molar-refractivity contribution < 1.29 is 0 Å². The molecule has 2 rings (SSSR count). The highest BCUT2D eigenvalue weighted by molar-refractivity contribution is 5.84. The molecule has 4 nitrogen and oxygen atoms in total. The van der Waals surface area contributed by atoms with Gasteiger partial charge >= 0.3 is 0 Å². The summed E-state index contributed by atoms with van der Waals surface area (Å²) in [7, 11) is 0. The number of H-pyrrole nitrogens is 1. The van der Waals surface area contributed by atoms with Crippen LogP contribution < -0.4 is 0 Å². The molecule has 2 aromatic rings. The molecule has 0 saturated carbocycles. The predicted octanol–water partition coefficient (Wildman–Crippen LogP) is 2.09. The molecule has 0 atom stereocenters. The third kappa shape index (κ3) is 1.63. The number of hydrogen-bond donors (Lipinski definition) is 1. The van der Waals surface area contributed by atoms with Crippen molar-refractivity contribution >= 4 is 10.9 Å². The van der Waals surface area contributed by atoms with Gasteiger partial charge in [0, 0.05) is 17.5 Å². The molecule has 15 heavy (non-hydrogen) atoms. The van der Waals surface area contributed by atoms with Crippen molar-refractivity contribution in [3.63, 3.8) is 0 Å². The lowest BCUT2D eigenvalue weighted by molar-refractivity contribution is 0.933. The topological polar surface area (TPSA) is 54.5 Å². The summed E-state index contributed by atoms with van der Waals surface area (Å²) < 4.78 is 0. The Kier molecular flexibility index (Phi) is 2.49. The van der Waals surface area contributed by atoms with Gasteiger partial charge in [0.05, 0.1) is 11.4 Å². The second-order valence-corrected chi connectivity index (χ2v) is 3.58. The Balaban J connectivity index is 2.62. The van der Waals surface area contributed by atoms with E-state index < -0.39 is 0 Å². The van der Waals surface area contributed by atoms with E-state index in [4.69, 9.17) is 0 Å². The fourth-order valence-electron chi connectivity index (χ4n) is 1.68. The van der Waals surface area contributed by atoms with Gasteiger partial charge in [0.15, 0.2) is 0 Å². The molecule has 4 heteroatoms. The average molecular weight is 202 g/mol. The molecule has 0 saturated heterocycles. The minimum Gasteiger partial charge on any atom is -0.281 e. The Morgan fingerprint density at radius 1 is 1.27 bits per heavy atom. The van der Waals surface area contributed by atoms with Crippen molar-refractivity contribution in [1.29, 1.82) is 0 Å². The van der Waals surface area contributed by atoms with Crippen LogP contribution in [0.4, 0.5) is 0 Å². The Labute approximate surface area is 88.4 Å². The zero-order chi connectivity index (χ0) is 10.8. The molecule has 2 heterocycles. The third-order valence-corrected chi connectivity index (χ3v) is 2.45. The maximum absolute atomic E-state index is 4.27. The van der Waals surface area contributed by atoms with Crippen molar-refractivity contribution in [2.75, 3.05) is 0 Å². The van der Waals surface area contributed by atoms with E-state index in [0.717, 1.165) is 34.4 Å². The molecule has 0 unspecified atom stereocenters. The summed E-state index contributed by atoms with van der Waals surface area (Å²) in [4.78, 5) is 0. The summed E-state index contributed by atoms with van der Waals surface area (Å²) in [5, 5.41) is 16.7. The molecule has 78 valence electrons. The van der Waals surface area contributed by atoms with Crippen LogP contribution in [0, 0.1) is 13.8 Å². The van der Waals surface area contributed by atoms with E-state index in [9.17, 15) is 0 Å². The van der Waals surface area contributed by atoms with Gasteiger partial charge in [0.1, 0.15) is 5.52 Å². The molecular weight excluding hydrogens is 188 g/mol. The molecule has 0 aliphatic heterocycles. The number of fused-ring (bicyclic) bond motifs is 1. The van der Waals surface area contributed by atoms with E-state index in [1.54, 1.807) is 0 Å². The molecule has 0 bridgehead atoms. The van der Waals surface area contributed by atoms with Crippen LogP contribution in [-0.2, 0) is 6.42 Å². The molecule has 0 aliphatic rings. The molecule has 0 spiro atoms. The molecule has 0 aromatic carbocycles. The minimum absolute atomic E-state index is 0.782. The van der Waals surface area contributed by atoms with Crippen LogP contribution in [0.5, 0.6) is 0 Å². The van der Waals surface area contributed by atoms with Gasteiger partial charge in [-0.15, -0.1) is 0 Å². The molecular formula is C11H14N4. The monoisotopic (exact) mass is 202 g/mol. The third-order valence-electron chi connectivity index (χ3n) is 2.45. The van der Waals surface area contributed by atoms with Gasteiger partial charge in [-0.25, -0.2) is 0 Å². The highest BCUT2D eigenvalue weighted by atomic mass is 15.2. The van der Waals surface area contributed by atoms with E-state index in [1.165, 1.54) is 0 Å². The summed E-state index contributed by atoms with van der Waals surface area (Å²) in [5.74, 6) is 0. The number of rotatable bonds is 2. The van der Waals surface area contributed by atoms with Gasteiger partial charge in [-0.2, -0.15) is 15.3 Å². The summed E-state index contributed by atoms with van der Waals surface area (Å²) >= 11 is 0. The molecule has 0 amide bonds. The highest BCUT2D eigenvalue weighted by Gasteiger charge is 2.10. The lowest BCUT2D eigenvalue weighted by Gasteiger charge is -1.99. The molecule has 1 N–H and O–H groups in total. The molecule has 2 aromatic heterocycles. The van der Waals surface area contributed by atoms with Gasteiger partial charge < -0.3 is 0 Å². The average Bonchev–Trinajstić information content (AvgIpc) is 2.61. The normalized spacial score (nSPS) is 11.7. The smallest absolute Gasteiger partial charge is 0.118 e. The second kappa shape index (κ2) is 3.81. The number of aromatic amines is 1. The Bertz CT molecular complexity index is 511. The number of aryl methyl sites for hydroxylation is 2. The van der Waals surface area contributed by atoms with Crippen molar-refractivity contribution in [2.24, 2.45) is 0 Å². The van der Waals surface area contributed by atoms with Crippen LogP contribution in [-0.4, -0.2) is 20.4 Å². The standard InChI is InChI=1S/C11H14N4/c1-4-5-6-9-11-10(7(2)12-14-9)8(3)13-15-11/h4-5H,6H2,1-3H3,(H,13,15)/b5-4+. The van der Waals surface area contributed by atoms with Gasteiger partial charge in [-0.05, 0) is 20.8 Å². The summed E-state index contributed by atoms with van der Waals surface area (Å²) in [6.45, 7) is 5.95. The van der Waals surface area contributed by atoms with Gasteiger partial charge in [0.2, 0.25) is 0 Å². The number of aromatic nitrogens is 4. The van der Waals surface area contributed by atoms with Crippen molar-refractivity contribution in [3.8, 4) is 0 Å². The molecule has 0 aliphatic carbocycles. The van der Waals surface area contributed by atoms with Gasteiger partial charge in [-0.3, -0.25) is 5.10 Å². The summed E-state index contributed by atoms with van der Waals surface area (Å²) in [5.41, 5.74) is 3.86. The van der Waals surface area contributed by atoms with Gasteiger partial charge in [-0.1, -0.05) is 12.2 Å². The first kappa shape index (κ1) is 9.83. The summed E-state index contributed by atoms with van der Waals surface area (Å²) in [6, 6.07) is 0. The zero-order valence-electron chi connectivity index (χ0n) is 9.20. The van der Waals surface area contributed by atoms with Crippen LogP contribution in [0.1, 0.15) is 24.0 Å². The number of nitrogens with one attached hydrogen (secondary N) is 1. The quantitative estimate of drug-likeness (QED) is 0.758. The van der Waals surface area contributed by atoms with Crippen LogP contribution in [0.2, 0.25) is 0 Å². The van der Waals surface area contributed by atoms with Crippen LogP contribution >= 0.6 is 0 Å². The molecule has 0 fully saturated rings. The Hall–Kier alpha value is -1.71. The SMILES string of the molecule is C/C=C/Cc1nnc(C)c2c(C)[nH]nc12. The van der Waals surface area contributed by atoms with Crippen molar-refractivity contribution in [3.05, 3.63) is 29.2 Å². The van der Waals surface area contributed by atoms with Gasteiger partial charge in [0.25, 0.3) is 0 Å². The van der Waals surface area contributed by atoms with Crippen molar-refractivity contribution in [2.45, 2.75) is 27.2 Å². The lowest BCUT2D eigenvalue weighted by atomic mass is 10.1. The minimum atomic E-state index is 0.782. The largest absolute Gasteiger partial charge is 0.281 e. The fourth-order valence-corrected chi connectivity index (χ4v) is 1.68. The van der Waals surface area contributed by atoms with E-state index >= 15 is 0 Å². The first-order valence-corrected chi connectivity index (χ1v) is 5.02. The summed E-state index contributed by atoms with van der Waals surface area (Å²) in [6.07, 6.45) is 4.85. The number of nitrogens with zero attached hydrogens (tertiary/aromatic N) is 3. The fraction of sp³-hybridized carbons (Fsp3) is 0.364. The molecule has 0 radical (unpaired) electrons. The predicted molar refractivity (Wildman–Crippen MR) is 59.7 cm³/mol. The van der Waals surface area contributed by atoms with E-state index in [2.05, 4.69) is 26.5 Å². The Morgan fingerprint density at radius 3 is 2.80 bits per heavy atom. The van der Waals surface area contributed by atoms with Crippen LogP contribution in [0.15, 0.2) is 12.2 Å². The second-order valence-electron chi connectivity index (χ2n) is 3.58. The van der Waals surface area contributed by atoms with E-state index in [-0.39, 0.29) is 0 Å². The van der Waals surface area contributed by atoms with Crippen molar-refractivity contribution in [1.82, 2.24) is 20.4 Å². The van der Waals surface area contributed by atoms with E-state index in [1.807, 2.05) is 26.8 Å². The highest BCUT2D eigenvalue weighted by Crippen LogP contribution is 2.20. The Morgan fingerprint density at radius 2 is 2.07 bits per heavy atom. The van der Waals surface area contributed by atoms with Crippen LogP contribution in [0.3, 0.4) is 0 Å². The first-order valence-electron chi connectivity index (χ1n) is 5.02. The first-order chi connectivity index (χ1) is 7.24. The zero-order valence-corrected chi connectivity index (χ0v) is 9.20. The number of allylic oxidation sites excluding steroid dienone is 2. The number of hydrogen-bond acceptors (Lipinski definition) is 3. The van der Waals surface area contributed by atoms with E-state index in [0.29, 0.717) is 0 Å². The maximum atomic E-state index is 4.27. The van der Waals surface area contributed by atoms with Crippen LogP contribution in [0.25, 0.3) is 10.9 Å². The lowest BCUT2D eigenvalue weighted by Crippen LogP contribution is -1.96. The maximum Gasteiger partial charge on any atom is 0.118 e.